The Kier molecular flexibility index (Phi) is 4.92. The zero-order valence-corrected chi connectivity index (χ0v) is 13.3. The maximum Gasteiger partial charge on any atom is 0.347 e. The number of furan rings is 1. The van der Waals surface area contributed by atoms with Crippen LogP contribution >= 0.6 is 27.3 Å². The van der Waals surface area contributed by atoms with Gasteiger partial charge in [-0.3, -0.25) is 4.79 Å². The zero-order chi connectivity index (χ0) is 15.4. The molecule has 1 amide bonds. The number of rotatable bonds is 5. The second kappa shape index (κ2) is 6.68. The van der Waals surface area contributed by atoms with Gasteiger partial charge in [-0.25, -0.2) is 9.78 Å². The zero-order valence-electron chi connectivity index (χ0n) is 10.9. The van der Waals surface area contributed by atoms with Gasteiger partial charge in [-0.05, 0) is 41.1 Å². The maximum atomic E-state index is 11.6. The van der Waals surface area contributed by atoms with E-state index >= 15 is 0 Å². The highest BCUT2D eigenvalue weighted by atomic mass is 79.9. The Labute approximate surface area is 132 Å². The normalized spacial score (nSPS) is 11.0. The number of carboxylic acid groups (broad SMARTS) is 1. The Bertz CT molecular complexity index is 705. The summed E-state index contributed by atoms with van der Waals surface area (Å²) in [4.78, 5) is 26.8. The van der Waals surface area contributed by atoms with Crippen molar-refractivity contribution in [2.45, 2.75) is 13.5 Å². The molecule has 0 radical (unpaired) electrons. The van der Waals surface area contributed by atoms with Crippen LogP contribution in [0.3, 0.4) is 0 Å². The van der Waals surface area contributed by atoms with E-state index in [-0.39, 0.29) is 17.3 Å². The van der Waals surface area contributed by atoms with E-state index in [0.29, 0.717) is 21.1 Å². The van der Waals surface area contributed by atoms with Crippen LogP contribution in [-0.2, 0) is 11.3 Å². The smallest absolute Gasteiger partial charge is 0.347 e. The monoisotopic (exact) mass is 370 g/mol. The molecule has 0 aliphatic rings. The first-order valence-electron chi connectivity index (χ1n) is 5.86. The van der Waals surface area contributed by atoms with E-state index in [1.807, 2.05) is 0 Å². The minimum absolute atomic E-state index is 0.184. The molecule has 2 aromatic heterocycles. The molecule has 2 rings (SSSR count). The van der Waals surface area contributed by atoms with Gasteiger partial charge in [-0.15, -0.1) is 11.3 Å². The molecular formula is C13H11BrN2O4S. The first-order chi connectivity index (χ1) is 9.95. The Morgan fingerprint density at radius 1 is 1.52 bits per heavy atom. The third-order valence-corrected chi connectivity index (χ3v) is 4.01. The number of nitrogens with one attached hydrogen (secondary N) is 1. The summed E-state index contributed by atoms with van der Waals surface area (Å²) >= 11 is 4.22. The van der Waals surface area contributed by atoms with Gasteiger partial charge in [0.2, 0.25) is 5.91 Å². The fourth-order valence-corrected chi connectivity index (χ4v) is 2.69. The second-order valence-electron chi connectivity index (χ2n) is 4.02. The molecule has 0 aliphatic carbocycles. The summed E-state index contributed by atoms with van der Waals surface area (Å²) in [5.41, 5.74) is 0.452. The van der Waals surface area contributed by atoms with Crippen LogP contribution in [0.25, 0.3) is 6.08 Å². The summed E-state index contributed by atoms with van der Waals surface area (Å²) in [6.07, 6.45) is 2.87. The molecule has 0 saturated carbocycles. The summed E-state index contributed by atoms with van der Waals surface area (Å²) in [5, 5.41) is 12.1. The first kappa shape index (κ1) is 15.5. The third kappa shape index (κ3) is 4.27. The van der Waals surface area contributed by atoms with Crippen molar-refractivity contribution in [2.24, 2.45) is 0 Å². The third-order valence-electron chi connectivity index (χ3n) is 2.44. The molecule has 0 fully saturated rings. The highest BCUT2D eigenvalue weighted by Crippen LogP contribution is 2.18. The molecule has 0 saturated heterocycles. The van der Waals surface area contributed by atoms with Crippen molar-refractivity contribution in [3.63, 3.8) is 0 Å². The SMILES string of the molecule is Cc1nc(CNC(=O)C=Cc2ccc(Br)o2)sc1C(=O)O. The number of aryl methyl sites for hydroxylation is 1. The van der Waals surface area contributed by atoms with Crippen LogP contribution in [0.15, 0.2) is 27.3 Å². The van der Waals surface area contributed by atoms with E-state index in [2.05, 4.69) is 26.2 Å². The van der Waals surface area contributed by atoms with E-state index in [0.717, 1.165) is 11.3 Å². The number of carboxylic acids is 1. The number of hydrogen-bond acceptors (Lipinski definition) is 5. The molecule has 0 bridgehead atoms. The van der Waals surface area contributed by atoms with Crippen molar-refractivity contribution >= 4 is 45.2 Å². The van der Waals surface area contributed by atoms with Crippen molar-refractivity contribution in [3.05, 3.63) is 44.2 Å². The van der Waals surface area contributed by atoms with Crippen molar-refractivity contribution in [2.75, 3.05) is 0 Å². The van der Waals surface area contributed by atoms with Crippen LogP contribution in [0.5, 0.6) is 0 Å². The van der Waals surface area contributed by atoms with Crippen LogP contribution in [-0.4, -0.2) is 22.0 Å². The van der Waals surface area contributed by atoms with Crippen molar-refractivity contribution in [3.8, 4) is 0 Å². The van der Waals surface area contributed by atoms with E-state index in [1.54, 1.807) is 19.1 Å². The van der Waals surface area contributed by atoms with Gasteiger partial charge in [-0.1, -0.05) is 0 Å². The molecule has 2 aromatic rings. The summed E-state index contributed by atoms with van der Waals surface area (Å²) < 4.78 is 5.80. The van der Waals surface area contributed by atoms with Gasteiger partial charge in [0, 0.05) is 6.08 Å². The fraction of sp³-hybridized carbons (Fsp3) is 0.154. The summed E-state index contributed by atoms with van der Waals surface area (Å²) in [5.74, 6) is -0.770. The molecule has 8 heteroatoms. The van der Waals surface area contributed by atoms with Crippen LogP contribution in [0, 0.1) is 6.92 Å². The van der Waals surface area contributed by atoms with Gasteiger partial charge in [0.15, 0.2) is 4.67 Å². The topological polar surface area (TPSA) is 92.4 Å². The summed E-state index contributed by atoms with van der Waals surface area (Å²) in [6, 6.07) is 3.44. The maximum absolute atomic E-state index is 11.6. The lowest BCUT2D eigenvalue weighted by Crippen LogP contribution is -2.20. The molecule has 0 spiro atoms. The molecular weight excluding hydrogens is 360 g/mol. The van der Waals surface area contributed by atoms with Crippen molar-refractivity contribution in [1.82, 2.24) is 10.3 Å². The van der Waals surface area contributed by atoms with Crippen molar-refractivity contribution in [1.29, 1.82) is 0 Å². The standard InChI is InChI=1S/C13H11BrN2O4S/c1-7-12(13(18)19)21-11(16-7)6-15-10(17)5-3-8-2-4-9(14)20-8/h2-5H,6H2,1H3,(H,15,17)(H,18,19). The first-order valence-corrected chi connectivity index (χ1v) is 7.47. The highest BCUT2D eigenvalue weighted by Gasteiger charge is 2.13. The quantitative estimate of drug-likeness (QED) is 0.789. The van der Waals surface area contributed by atoms with Gasteiger partial charge in [0.1, 0.15) is 15.6 Å². The van der Waals surface area contributed by atoms with Gasteiger partial charge >= 0.3 is 5.97 Å². The highest BCUT2D eigenvalue weighted by molar-refractivity contribution is 9.10. The fourth-order valence-electron chi connectivity index (χ4n) is 1.52. The molecule has 110 valence electrons. The Hall–Kier alpha value is -1.93. The number of thiazole rings is 1. The summed E-state index contributed by atoms with van der Waals surface area (Å²) in [6.45, 7) is 1.81. The van der Waals surface area contributed by atoms with Gasteiger partial charge in [0.25, 0.3) is 0 Å². The molecule has 6 nitrogen and oxygen atoms in total. The van der Waals surface area contributed by atoms with Crippen LogP contribution < -0.4 is 5.32 Å². The molecule has 0 atom stereocenters. The van der Waals surface area contributed by atoms with Gasteiger partial charge in [-0.2, -0.15) is 0 Å². The van der Waals surface area contributed by atoms with E-state index in [4.69, 9.17) is 9.52 Å². The minimum Gasteiger partial charge on any atom is -0.477 e. The molecule has 0 unspecified atom stereocenters. The lowest BCUT2D eigenvalue weighted by atomic mass is 10.4. The Morgan fingerprint density at radius 2 is 2.29 bits per heavy atom. The number of aromatic carboxylic acids is 1. The average Bonchev–Trinajstić information content (AvgIpc) is 3.00. The lowest BCUT2D eigenvalue weighted by Gasteiger charge is -1.97. The van der Waals surface area contributed by atoms with Crippen molar-refractivity contribution < 1.29 is 19.1 Å². The molecule has 21 heavy (non-hydrogen) atoms. The Morgan fingerprint density at radius 3 is 2.86 bits per heavy atom. The van der Waals surface area contributed by atoms with E-state index in [1.165, 1.54) is 12.2 Å². The number of hydrogen-bond donors (Lipinski definition) is 2. The van der Waals surface area contributed by atoms with Gasteiger partial charge in [0.05, 0.1) is 12.2 Å². The molecule has 0 aliphatic heterocycles. The van der Waals surface area contributed by atoms with Crippen LogP contribution in [0.2, 0.25) is 0 Å². The van der Waals surface area contributed by atoms with E-state index < -0.39 is 5.97 Å². The predicted molar refractivity (Wildman–Crippen MR) is 81.1 cm³/mol. The largest absolute Gasteiger partial charge is 0.477 e. The summed E-state index contributed by atoms with van der Waals surface area (Å²) in [7, 11) is 0. The molecule has 0 aromatic carbocycles. The van der Waals surface area contributed by atoms with Gasteiger partial charge < -0.3 is 14.8 Å². The number of carbonyl (C=O) groups excluding carboxylic acids is 1. The second-order valence-corrected chi connectivity index (χ2v) is 5.89. The number of nitrogens with zero attached hydrogens (tertiary/aromatic N) is 1. The number of aromatic nitrogens is 1. The number of carbonyl (C=O) groups is 2. The number of halogens is 1. The van der Waals surface area contributed by atoms with Crippen LogP contribution in [0.4, 0.5) is 0 Å². The average molecular weight is 371 g/mol. The van der Waals surface area contributed by atoms with Crippen LogP contribution in [0.1, 0.15) is 26.1 Å². The molecule has 2 N–H and O–H groups in total. The predicted octanol–water partition coefficient (Wildman–Crippen LogP) is 2.83. The lowest BCUT2D eigenvalue weighted by molar-refractivity contribution is -0.116. The molecule has 2 heterocycles. The Balaban J connectivity index is 1.90. The minimum atomic E-state index is -1.01. The van der Waals surface area contributed by atoms with E-state index in [9.17, 15) is 9.59 Å². The number of amides is 1.